The van der Waals surface area contributed by atoms with Gasteiger partial charge in [-0.05, 0) is 56.2 Å². The van der Waals surface area contributed by atoms with Crippen LogP contribution in [0.4, 0.5) is 5.69 Å². The lowest BCUT2D eigenvalue weighted by molar-refractivity contribution is -0.146. The summed E-state index contributed by atoms with van der Waals surface area (Å²) in [6.07, 6.45) is -0.285. The van der Waals surface area contributed by atoms with Gasteiger partial charge in [0.25, 0.3) is 0 Å². The van der Waals surface area contributed by atoms with Gasteiger partial charge in [-0.2, -0.15) is 0 Å². The first kappa shape index (κ1) is 22.5. The van der Waals surface area contributed by atoms with Crippen molar-refractivity contribution in [3.8, 4) is 0 Å². The van der Waals surface area contributed by atoms with Gasteiger partial charge in [0.15, 0.2) is 6.10 Å². The highest BCUT2D eigenvalue weighted by Crippen LogP contribution is 2.29. The Morgan fingerprint density at radius 1 is 1.06 bits per heavy atom. The first-order valence-electron chi connectivity index (χ1n) is 11.1. The molecule has 33 heavy (non-hydrogen) atoms. The molecule has 4 rings (SSSR count). The molecule has 0 bridgehead atoms. The molecule has 1 aliphatic rings. The third-order valence-electron chi connectivity index (χ3n) is 6.10. The molecular formula is C25H27N3O5. The van der Waals surface area contributed by atoms with Crippen molar-refractivity contribution in [3.05, 3.63) is 64.1 Å². The molecule has 3 aromatic rings. The summed E-state index contributed by atoms with van der Waals surface area (Å²) in [6.45, 7) is 6.27. The monoisotopic (exact) mass is 449 g/mol. The first-order chi connectivity index (χ1) is 15.8. The number of ketones is 1. The number of esters is 1. The van der Waals surface area contributed by atoms with Crippen molar-refractivity contribution < 1.29 is 19.1 Å². The second-order valence-electron chi connectivity index (χ2n) is 8.18. The fourth-order valence-electron chi connectivity index (χ4n) is 4.42. The summed E-state index contributed by atoms with van der Waals surface area (Å²) < 4.78 is 8.60. The third kappa shape index (κ3) is 4.20. The fourth-order valence-corrected chi connectivity index (χ4v) is 4.42. The number of carbonyl (C=O) groups is 3. The van der Waals surface area contributed by atoms with Crippen LogP contribution in [0.25, 0.3) is 11.0 Å². The van der Waals surface area contributed by atoms with Crippen LogP contribution >= 0.6 is 0 Å². The Kier molecular flexibility index (Phi) is 6.18. The van der Waals surface area contributed by atoms with Crippen molar-refractivity contribution >= 4 is 34.4 Å². The van der Waals surface area contributed by atoms with E-state index in [9.17, 15) is 19.2 Å². The van der Waals surface area contributed by atoms with E-state index in [4.69, 9.17) is 4.74 Å². The molecule has 8 nitrogen and oxygen atoms in total. The normalized spacial score (nSPS) is 13.7. The number of Topliss-reactive ketones (excluding diaryl/α,β-unsaturated/α-hetero) is 1. The van der Waals surface area contributed by atoms with Crippen LogP contribution in [0, 0.1) is 0 Å². The van der Waals surface area contributed by atoms with E-state index in [0.717, 1.165) is 22.3 Å². The van der Waals surface area contributed by atoms with Crippen LogP contribution in [0.15, 0.2) is 47.3 Å². The highest BCUT2D eigenvalue weighted by Gasteiger charge is 2.25. The van der Waals surface area contributed by atoms with Crippen molar-refractivity contribution in [2.24, 2.45) is 0 Å². The number of nitrogens with zero attached hydrogens (tertiary/aromatic N) is 3. The number of ether oxygens (including phenoxy) is 1. The Morgan fingerprint density at radius 3 is 2.42 bits per heavy atom. The zero-order valence-corrected chi connectivity index (χ0v) is 19.0. The molecule has 0 spiro atoms. The minimum absolute atomic E-state index is 0.0208. The Labute approximate surface area is 191 Å². The molecule has 0 radical (unpaired) electrons. The molecule has 0 aliphatic carbocycles. The largest absolute Gasteiger partial charge is 0.454 e. The van der Waals surface area contributed by atoms with Crippen molar-refractivity contribution in [2.45, 2.75) is 52.8 Å². The quantitative estimate of drug-likeness (QED) is 0.409. The van der Waals surface area contributed by atoms with Crippen LogP contribution in [0.3, 0.4) is 0 Å². The second kappa shape index (κ2) is 9.05. The molecule has 0 fully saturated rings. The number of rotatable bonds is 7. The first-order valence-corrected chi connectivity index (χ1v) is 11.1. The van der Waals surface area contributed by atoms with Crippen molar-refractivity contribution in [1.29, 1.82) is 0 Å². The lowest BCUT2D eigenvalue weighted by Crippen LogP contribution is -2.27. The van der Waals surface area contributed by atoms with Gasteiger partial charge in [-0.3, -0.25) is 23.5 Å². The van der Waals surface area contributed by atoms with Gasteiger partial charge >= 0.3 is 11.7 Å². The Hall–Kier alpha value is -3.68. The molecular weight excluding hydrogens is 422 g/mol. The van der Waals surface area contributed by atoms with Crippen LogP contribution in [0.1, 0.15) is 43.1 Å². The molecule has 0 N–H and O–H groups in total. The number of hydrogen-bond acceptors (Lipinski definition) is 5. The van der Waals surface area contributed by atoms with Crippen LogP contribution in [0.5, 0.6) is 0 Å². The molecule has 1 amide bonds. The summed E-state index contributed by atoms with van der Waals surface area (Å²) in [6, 6.07) is 12.6. The van der Waals surface area contributed by atoms with E-state index in [2.05, 4.69) is 0 Å². The summed E-state index contributed by atoms with van der Waals surface area (Å²) in [7, 11) is 0. The van der Waals surface area contributed by atoms with Crippen molar-refractivity contribution in [1.82, 2.24) is 9.13 Å². The molecule has 172 valence electrons. The summed E-state index contributed by atoms with van der Waals surface area (Å²) in [5.74, 6) is -0.872. The Balaban J connectivity index is 1.41. The van der Waals surface area contributed by atoms with E-state index in [-0.39, 0.29) is 30.3 Å². The maximum absolute atomic E-state index is 12.8. The second-order valence-corrected chi connectivity index (χ2v) is 8.18. The molecule has 2 heterocycles. The van der Waals surface area contributed by atoms with Crippen molar-refractivity contribution in [3.63, 3.8) is 0 Å². The van der Waals surface area contributed by atoms with Crippen LogP contribution in [-0.2, 0) is 33.8 Å². The average molecular weight is 450 g/mol. The Bertz CT molecular complexity index is 1300. The molecule has 0 saturated heterocycles. The summed E-state index contributed by atoms with van der Waals surface area (Å²) in [4.78, 5) is 51.4. The number of anilines is 1. The topological polar surface area (TPSA) is 90.6 Å². The number of amides is 1. The number of aromatic nitrogens is 2. The minimum Gasteiger partial charge on any atom is -0.454 e. The molecule has 0 saturated carbocycles. The van der Waals surface area contributed by atoms with Gasteiger partial charge in [0.2, 0.25) is 11.7 Å². The lowest BCUT2D eigenvalue weighted by Gasteiger charge is -2.16. The van der Waals surface area contributed by atoms with Crippen LogP contribution in [0.2, 0.25) is 0 Å². The number of fused-ring (bicyclic) bond motifs is 2. The maximum atomic E-state index is 12.8. The highest BCUT2D eigenvalue weighted by atomic mass is 16.5. The standard InChI is InChI=1S/C25H27N3O5/c1-4-26-21-7-5-6-8-22(21)28(25(26)32)14-12-23(30)33-16(2)24(31)19-9-10-20-18(15-19)11-13-27(20)17(3)29/h5-10,15-16H,4,11-14H2,1-3H3. The average Bonchev–Trinajstić information content (AvgIpc) is 3.34. The molecule has 8 heteroatoms. The van der Waals surface area contributed by atoms with E-state index < -0.39 is 12.1 Å². The number of para-hydroxylation sites is 2. The van der Waals surface area contributed by atoms with Crippen LogP contribution < -0.4 is 10.6 Å². The predicted molar refractivity (Wildman–Crippen MR) is 125 cm³/mol. The minimum atomic E-state index is -0.949. The van der Waals surface area contributed by atoms with E-state index in [0.29, 0.717) is 25.1 Å². The SMILES string of the molecule is CCn1c(=O)n(CCC(=O)OC(C)C(=O)c2ccc3c(c2)CCN3C(C)=O)c2ccccc21. The van der Waals surface area contributed by atoms with Gasteiger partial charge in [0.05, 0.1) is 17.5 Å². The summed E-state index contributed by atoms with van der Waals surface area (Å²) >= 11 is 0. The smallest absolute Gasteiger partial charge is 0.329 e. The molecule has 1 aliphatic heterocycles. The highest BCUT2D eigenvalue weighted by molar-refractivity contribution is 6.01. The maximum Gasteiger partial charge on any atom is 0.329 e. The van der Waals surface area contributed by atoms with Gasteiger partial charge in [0.1, 0.15) is 0 Å². The molecule has 1 atom stereocenters. The van der Waals surface area contributed by atoms with E-state index in [1.165, 1.54) is 6.92 Å². The third-order valence-corrected chi connectivity index (χ3v) is 6.10. The van der Waals surface area contributed by atoms with E-state index in [1.54, 1.807) is 39.2 Å². The number of imidazole rings is 1. The summed E-state index contributed by atoms with van der Waals surface area (Å²) in [5, 5.41) is 0. The van der Waals surface area contributed by atoms with E-state index >= 15 is 0 Å². The van der Waals surface area contributed by atoms with Crippen molar-refractivity contribution in [2.75, 3.05) is 11.4 Å². The predicted octanol–water partition coefficient (Wildman–Crippen LogP) is 2.94. The number of aryl methyl sites for hydroxylation is 2. The molecule has 1 aromatic heterocycles. The van der Waals surface area contributed by atoms with Gasteiger partial charge in [0, 0.05) is 37.8 Å². The van der Waals surface area contributed by atoms with Gasteiger partial charge in [-0.25, -0.2) is 4.79 Å². The molecule has 2 aromatic carbocycles. The molecule has 1 unspecified atom stereocenters. The number of carbonyl (C=O) groups excluding carboxylic acids is 3. The van der Waals surface area contributed by atoms with E-state index in [1.807, 2.05) is 31.2 Å². The van der Waals surface area contributed by atoms with Crippen LogP contribution in [-0.4, -0.2) is 39.4 Å². The van der Waals surface area contributed by atoms with Gasteiger partial charge in [-0.1, -0.05) is 12.1 Å². The zero-order chi connectivity index (χ0) is 23.7. The zero-order valence-electron chi connectivity index (χ0n) is 19.0. The number of benzene rings is 2. The van der Waals surface area contributed by atoms with Gasteiger partial charge in [-0.15, -0.1) is 0 Å². The summed E-state index contributed by atoms with van der Waals surface area (Å²) in [5.41, 5.74) is 3.61. The lowest BCUT2D eigenvalue weighted by atomic mass is 10.0. The Morgan fingerprint density at radius 2 is 1.76 bits per heavy atom. The number of hydrogen-bond donors (Lipinski definition) is 0. The fraction of sp³-hybridized carbons (Fsp3) is 0.360. The van der Waals surface area contributed by atoms with Gasteiger partial charge < -0.3 is 9.64 Å².